The Balaban J connectivity index is 2.31. The molecule has 0 radical (unpaired) electrons. The summed E-state index contributed by atoms with van der Waals surface area (Å²) >= 11 is 1.88. The maximum atomic E-state index is 11.5. The molecule has 0 saturated heterocycles. The Morgan fingerprint density at radius 1 is 1.35 bits per heavy atom. The van der Waals surface area contributed by atoms with Gasteiger partial charge in [-0.1, -0.05) is 31.5 Å². The molecule has 20 heavy (non-hydrogen) atoms. The average Bonchev–Trinajstić information content (AvgIpc) is 2.40. The summed E-state index contributed by atoms with van der Waals surface area (Å²) < 4.78 is 0. The van der Waals surface area contributed by atoms with E-state index in [2.05, 4.69) is 36.5 Å². The number of benzene rings is 1. The standard InChI is InChI=1S/C16H26N2OS/c1-4-18-16(3,15(17)19)11-7-8-12-20-14-10-6-5-9-13(14)2/h5-6,9-10,18H,4,7-8,11-12H2,1-3H3,(H2,17,19). The van der Waals surface area contributed by atoms with Gasteiger partial charge in [0.05, 0.1) is 5.54 Å². The molecule has 1 aromatic rings. The number of hydrogen-bond acceptors (Lipinski definition) is 3. The highest BCUT2D eigenvalue weighted by Crippen LogP contribution is 2.24. The van der Waals surface area contributed by atoms with Crippen molar-refractivity contribution in [1.29, 1.82) is 0 Å². The summed E-state index contributed by atoms with van der Waals surface area (Å²) in [6.45, 7) is 6.79. The number of thioether (sulfide) groups is 1. The lowest BCUT2D eigenvalue weighted by atomic mass is 9.94. The Kier molecular flexibility index (Phi) is 7.10. The number of nitrogens with one attached hydrogen (secondary N) is 1. The second-order valence-corrected chi connectivity index (χ2v) is 6.43. The van der Waals surface area contributed by atoms with Crippen LogP contribution in [0.4, 0.5) is 0 Å². The molecular formula is C16H26N2OS. The summed E-state index contributed by atoms with van der Waals surface area (Å²) in [6, 6.07) is 8.43. The van der Waals surface area contributed by atoms with Gasteiger partial charge in [-0.25, -0.2) is 0 Å². The SMILES string of the molecule is CCNC(C)(CCCCSc1ccccc1C)C(N)=O. The first-order valence-electron chi connectivity index (χ1n) is 7.23. The van der Waals surface area contributed by atoms with Crippen LogP contribution < -0.4 is 11.1 Å². The number of aryl methyl sites for hydroxylation is 1. The zero-order valence-electron chi connectivity index (χ0n) is 12.7. The van der Waals surface area contributed by atoms with Crippen LogP contribution in [0.3, 0.4) is 0 Å². The molecule has 0 bridgehead atoms. The summed E-state index contributed by atoms with van der Waals surface area (Å²) in [5.74, 6) is 0.817. The van der Waals surface area contributed by atoms with Gasteiger partial charge in [0.25, 0.3) is 0 Å². The molecule has 1 atom stereocenters. The van der Waals surface area contributed by atoms with E-state index in [1.54, 1.807) is 0 Å². The van der Waals surface area contributed by atoms with E-state index in [9.17, 15) is 4.79 Å². The van der Waals surface area contributed by atoms with Gasteiger partial charge < -0.3 is 11.1 Å². The smallest absolute Gasteiger partial charge is 0.237 e. The summed E-state index contributed by atoms with van der Waals surface area (Å²) in [5, 5.41) is 3.19. The van der Waals surface area contributed by atoms with Gasteiger partial charge in [-0.2, -0.15) is 0 Å². The predicted octanol–water partition coefficient (Wildman–Crippen LogP) is 3.11. The summed E-state index contributed by atoms with van der Waals surface area (Å²) in [6.07, 6.45) is 2.89. The first-order chi connectivity index (χ1) is 9.49. The third-order valence-electron chi connectivity index (χ3n) is 3.53. The third kappa shape index (κ3) is 5.17. The Morgan fingerprint density at radius 2 is 2.05 bits per heavy atom. The second-order valence-electron chi connectivity index (χ2n) is 5.30. The second kappa shape index (κ2) is 8.32. The highest BCUT2D eigenvalue weighted by atomic mass is 32.2. The lowest BCUT2D eigenvalue weighted by Crippen LogP contribution is -2.52. The van der Waals surface area contributed by atoms with E-state index < -0.39 is 5.54 Å². The van der Waals surface area contributed by atoms with Crippen molar-refractivity contribution in [3.8, 4) is 0 Å². The van der Waals surface area contributed by atoms with E-state index >= 15 is 0 Å². The quantitative estimate of drug-likeness (QED) is 0.543. The Bertz CT molecular complexity index is 436. The van der Waals surface area contributed by atoms with Crippen molar-refractivity contribution >= 4 is 17.7 Å². The van der Waals surface area contributed by atoms with Gasteiger partial charge in [-0.05, 0) is 50.6 Å². The molecule has 0 fully saturated rings. The number of primary amides is 1. The van der Waals surface area contributed by atoms with Crippen LogP contribution in [0.25, 0.3) is 0 Å². The van der Waals surface area contributed by atoms with E-state index in [-0.39, 0.29) is 5.91 Å². The van der Waals surface area contributed by atoms with Gasteiger partial charge in [-0.15, -0.1) is 11.8 Å². The average molecular weight is 294 g/mol. The van der Waals surface area contributed by atoms with Crippen molar-refractivity contribution in [3.05, 3.63) is 29.8 Å². The van der Waals surface area contributed by atoms with Gasteiger partial charge >= 0.3 is 0 Å². The summed E-state index contributed by atoms with van der Waals surface area (Å²) in [4.78, 5) is 12.8. The predicted molar refractivity (Wildman–Crippen MR) is 87.0 cm³/mol. The molecule has 1 rings (SSSR count). The van der Waals surface area contributed by atoms with Gasteiger partial charge in [0.2, 0.25) is 5.91 Å². The lowest BCUT2D eigenvalue weighted by molar-refractivity contribution is -0.124. The van der Waals surface area contributed by atoms with E-state index in [1.165, 1.54) is 10.5 Å². The fourth-order valence-corrected chi connectivity index (χ4v) is 3.21. The van der Waals surface area contributed by atoms with Crippen LogP contribution in [0.2, 0.25) is 0 Å². The first kappa shape index (κ1) is 17.1. The number of nitrogens with two attached hydrogens (primary N) is 1. The number of carbonyl (C=O) groups is 1. The highest BCUT2D eigenvalue weighted by Gasteiger charge is 2.28. The molecule has 0 spiro atoms. The fraction of sp³-hybridized carbons (Fsp3) is 0.562. The molecule has 0 aliphatic rings. The number of hydrogen-bond donors (Lipinski definition) is 2. The number of unbranched alkanes of at least 4 members (excludes halogenated alkanes) is 1. The van der Waals surface area contributed by atoms with Crippen LogP contribution in [0.15, 0.2) is 29.2 Å². The number of likely N-dealkylation sites (N-methyl/N-ethyl adjacent to an activating group) is 1. The van der Waals surface area contributed by atoms with Crippen molar-refractivity contribution in [1.82, 2.24) is 5.32 Å². The maximum Gasteiger partial charge on any atom is 0.237 e. The topological polar surface area (TPSA) is 55.1 Å². The fourth-order valence-electron chi connectivity index (χ4n) is 2.17. The van der Waals surface area contributed by atoms with Crippen LogP contribution in [0.5, 0.6) is 0 Å². The minimum atomic E-state index is -0.567. The maximum absolute atomic E-state index is 11.5. The van der Waals surface area contributed by atoms with Crippen molar-refractivity contribution in [2.45, 2.75) is 50.5 Å². The molecule has 0 saturated carbocycles. The normalized spacial score (nSPS) is 13.9. The van der Waals surface area contributed by atoms with Crippen molar-refractivity contribution in [3.63, 3.8) is 0 Å². The highest BCUT2D eigenvalue weighted by molar-refractivity contribution is 7.99. The lowest BCUT2D eigenvalue weighted by Gasteiger charge is -2.26. The van der Waals surface area contributed by atoms with E-state index in [0.29, 0.717) is 0 Å². The molecule has 112 valence electrons. The monoisotopic (exact) mass is 294 g/mol. The number of rotatable bonds is 9. The van der Waals surface area contributed by atoms with Gasteiger partial charge in [0.15, 0.2) is 0 Å². The van der Waals surface area contributed by atoms with Crippen LogP contribution in [0.1, 0.15) is 38.7 Å². The van der Waals surface area contributed by atoms with Crippen molar-refractivity contribution < 1.29 is 4.79 Å². The zero-order chi connectivity index (χ0) is 15.0. The Labute approximate surface area is 126 Å². The van der Waals surface area contributed by atoms with E-state index in [0.717, 1.165) is 31.6 Å². The van der Waals surface area contributed by atoms with E-state index in [4.69, 9.17) is 5.73 Å². The van der Waals surface area contributed by atoms with Crippen molar-refractivity contribution in [2.75, 3.05) is 12.3 Å². The minimum absolute atomic E-state index is 0.258. The van der Waals surface area contributed by atoms with Crippen LogP contribution in [-0.2, 0) is 4.79 Å². The molecule has 1 unspecified atom stereocenters. The molecule has 0 aliphatic carbocycles. The zero-order valence-corrected chi connectivity index (χ0v) is 13.6. The Hall–Kier alpha value is -1.00. The third-order valence-corrected chi connectivity index (χ3v) is 4.79. The van der Waals surface area contributed by atoms with E-state index in [1.807, 2.05) is 25.6 Å². The number of amides is 1. The van der Waals surface area contributed by atoms with Crippen LogP contribution in [-0.4, -0.2) is 23.7 Å². The van der Waals surface area contributed by atoms with Crippen molar-refractivity contribution in [2.24, 2.45) is 5.73 Å². The molecule has 1 amide bonds. The molecule has 3 N–H and O–H groups in total. The molecule has 0 heterocycles. The molecule has 1 aromatic carbocycles. The van der Waals surface area contributed by atoms with Crippen LogP contribution >= 0.6 is 11.8 Å². The molecule has 4 heteroatoms. The number of carbonyl (C=O) groups excluding carboxylic acids is 1. The molecule has 0 aliphatic heterocycles. The molecule has 3 nitrogen and oxygen atoms in total. The van der Waals surface area contributed by atoms with Crippen LogP contribution in [0, 0.1) is 6.92 Å². The Morgan fingerprint density at radius 3 is 2.65 bits per heavy atom. The molecular weight excluding hydrogens is 268 g/mol. The first-order valence-corrected chi connectivity index (χ1v) is 8.21. The van der Waals surface area contributed by atoms with Gasteiger partial charge in [0, 0.05) is 4.90 Å². The largest absolute Gasteiger partial charge is 0.368 e. The van der Waals surface area contributed by atoms with Gasteiger partial charge in [-0.3, -0.25) is 4.79 Å². The summed E-state index contributed by atoms with van der Waals surface area (Å²) in [5.41, 5.74) is 6.23. The molecule has 0 aromatic heterocycles. The summed E-state index contributed by atoms with van der Waals surface area (Å²) in [7, 11) is 0. The minimum Gasteiger partial charge on any atom is -0.368 e. The van der Waals surface area contributed by atoms with Gasteiger partial charge in [0.1, 0.15) is 0 Å².